The van der Waals surface area contributed by atoms with Crippen LogP contribution in [0.4, 0.5) is 5.69 Å². The van der Waals surface area contributed by atoms with E-state index in [1.54, 1.807) is 16.7 Å². The van der Waals surface area contributed by atoms with E-state index in [9.17, 15) is 14.4 Å². The van der Waals surface area contributed by atoms with Crippen molar-refractivity contribution in [1.29, 1.82) is 0 Å². The van der Waals surface area contributed by atoms with Crippen molar-refractivity contribution in [3.05, 3.63) is 29.3 Å². The summed E-state index contributed by atoms with van der Waals surface area (Å²) in [7, 11) is 0. The number of anilines is 1. The molecule has 2 atom stereocenters. The minimum atomic E-state index is -0.499. The van der Waals surface area contributed by atoms with Crippen LogP contribution in [0.15, 0.2) is 18.2 Å². The maximum Gasteiger partial charge on any atom is 0.248 e. The summed E-state index contributed by atoms with van der Waals surface area (Å²) in [6.45, 7) is 3.95. The van der Waals surface area contributed by atoms with Crippen LogP contribution in [-0.2, 0) is 14.4 Å². The summed E-state index contributed by atoms with van der Waals surface area (Å²) < 4.78 is 0. The van der Waals surface area contributed by atoms with Crippen molar-refractivity contribution in [3.8, 4) is 0 Å². The number of thioether (sulfide) groups is 1. The Kier molecular flexibility index (Phi) is 4.80. The number of carbonyl (C=O) groups excluding carboxylic acids is 3. The van der Waals surface area contributed by atoms with Crippen LogP contribution in [-0.4, -0.2) is 46.3 Å². The summed E-state index contributed by atoms with van der Waals surface area (Å²) in [5.41, 5.74) is 2.90. The standard InChI is InChI=1S/C17H21N3O3S/c1-10-3-4-12(11(2)7-10)19-16(22)14-8-24-9-20(14)17(23)13-5-6-15(21)18-13/h3-4,7,13-14H,5-6,8-9H2,1-2H3,(H,18,21)(H,19,22)/t13-,14+/m0/s1. The number of amides is 3. The van der Waals surface area contributed by atoms with E-state index in [2.05, 4.69) is 10.6 Å². The SMILES string of the molecule is Cc1ccc(NC(=O)[C@H]2CSCN2C(=O)[C@@H]2CCC(=O)N2)c(C)c1. The molecule has 0 spiro atoms. The molecule has 128 valence electrons. The largest absolute Gasteiger partial charge is 0.344 e. The van der Waals surface area contributed by atoms with E-state index in [0.717, 1.165) is 16.8 Å². The Morgan fingerprint density at radius 2 is 2.12 bits per heavy atom. The fourth-order valence-electron chi connectivity index (χ4n) is 3.05. The molecule has 2 heterocycles. The normalized spacial score (nSPS) is 23.2. The van der Waals surface area contributed by atoms with Crippen LogP contribution in [0.25, 0.3) is 0 Å². The lowest BCUT2D eigenvalue weighted by molar-refractivity contribution is -0.138. The molecule has 2 aliphatic rings. The summed E-state index contributed by atoms with van der Waals surface area (Å²) in [6.07, 6.45) is 0.876. The quantitative estimate of drug-likeness (QED) is 0.867. The summed E-state index contributed by atoms with van der Waals surface area (Å²) in [5.74, 6) is 0.618. The van der Waals surface area contributed by atoms with Gasteiger partial charge in [-0.2, -0.15) is 0 Å². The van der Waals surface area contributed by atoms with Crippen LogP contribution >= 0.6 is 11.8 Å². The molecule has 3 rings (SSSR count). The number of carbonyl (C=O) groups is 3. The fraction of sp³-hybridized carbons (Fsp3) is 0.471. The second-order valence-corrected chi connectivity index (χ2v) is 7.29. The third kappa shape index (κ3) is 3.40. The van der Waals surface area contributed by atoms with Gasteiger partial charge in [-0.3, -0.25) is 14.4 Å². The molecular formula is C17H21N3O3S. The molecule has 1 aromatic carbocycles. The van der Waals surface area contributed by atoms with E-state index >= 15 is 0 Å². The van der Waals surface area contributed by atoms with Crippen LogP contribution < -0.4 is 10.6 Å². The van der Waals surface area contributed by atoms with Gasteiger partial charge in [0.15, 0.2) is 0 Å². The first-order valence-electron chi connectivity index (χ1n) is 8.01. The zero-order chi connectivity index (χ0) is 17.3. The van der Waals surface area contributed by atoms with Gasteiger partial charge in [0.25, 0.3) is 0 Å². The van der Waals surface area contributed by atoms with Gasteiger partial charge < -0.3 is 15.5 Å². The van der Waals surface area contributed by atoms with Gasteiger partial charge in [-0.1, -0.05) is 17.7 Å². The molecule has 0 radical (unpaired) electrons. The number of hydrogen-bond acceptors (Lipinski definition) is 4. The second-order valence-electron chi connectivity index (χ2n) is 6.29. The van der Waals surface area contributed by atoms with Crippen molar-refractivity contribution in [3.63, 3.8) is 0 Å². The average Bonchev–Trinajstić information content (AvgIpc) is 3.18. The van der Waals surface area contributed by atoms with Crippen molar-refractivity contribution in [2.75, 3.05) is 16.9 Å². The van der Waals surface area contributed by atoms with Crippen molar-refractivity contribution in [2.45, 2.75) is 38.8 Å². The molecule has 2 fully saturated rings. The molecule has 7 heteroatoms. The number of rotatable bonds is 3. The molecule has 3 amide bonds. The fourth-order valence-corrected chi connectivity index (χ4v) is 4.21. The molecule has 2 saturated heterocycles. The Balaban J connectivity index is 1.69. The van der Waals surface area contributed by atoms with Gasteiger partial charge in [0.05, 0.1) is 5.88 Å². The minimum Gasteiger partial charge on any atom is -0.344 e. The van der Waals surface area contributed by atoms with Crippen molar-refractivity contribution < 1.29 is 14.4 Å². The summed E-state index contributed by atoms with van der Waals surface area (Å²) in [6, 6.07) is 4.85. The van der Waals surface area contributed by atoms with Crippen molar-refractivity contribution >= 4 is 35.2 Å². The first-order valence-corrected chi connectivity index (χ1v) is 9.17. The number of hydrogen-bond donors (Lipinski definition) is 2. The van der Waals surface area contributed by atoms with Crippen molar-refractivity contribution in [2.24, 2.45) is 0 Å². The van der Waals surface area contributed by atoms with Gasteiger partial charge in [0.2, 0.25) is 17.7 Å². The highest BCUT2D eigenvalue weighted by atomic mass is 32.2. The van der Waals surface area contributed by atoms with Crippen LogP contribution in [0.3, 0.4) is 0 Å². The van der Waals surface area contributed by atoms with Gasteiger partial charge in [-0.25, -0.2) is 0 Å². The highest BCUT2D eigenvalue weighted by Gasteiger charge is 2.39. The van der Waals surface area contributed by atoms with Gasteiger partial charge in [0.1, 0.15) is 12.1 Å². The van der Waals surface area contributed by atoms with Gasteiger partial charge >= 0.3 is 0 Å². The molecular weight excluding hydrogens is 326 g/mol. The zero-order valence-electron chi connectivity index (χ0n) is 13.8. The van der Waals surface area contributed by atoms with Crippen LogP contribution in [0.1, 0.15) is 24.0 Å². The number of nitrogens with zero attached hydrogens (tertiary/aromatic N) is 1. The highest BCUT2D eigenvalue weighted by molar-refractivity contribution is 7.99. The molecule has 0 unspecified atom stereocenters. The van der Waals surface area contributed by atoms with Crippen molar-refractivity contribution in [1.82, 2.24) is 10.2 Å². The monoisotopic (exact) mass is 347 g/mol. The Labute approximate surface area is 145 Å². The van der Waals surface area contributed by atoms with Gasteiger partial charge in [-0.15, -0.1) is 11.8 Å². The zero-order valence-corrected chi connectivity index (χ0v) is 14.6. The molecule has 0 aromatic heterocycles. The van der Waals surface area contributed by atoms with Crippen LogP contribution in [0.5, 0.6) is 0 Å². The summed E-state index contributed by atoms with van der Waals surface area (Å²) in [4.78, 5) is 38.1. The predicted octanol–water partition coefficient (Wildman–Crippen LogP) is 1.42. The van der Waals surface area contributed by atoms with Gasteiger partial charge in [-0.05, 0) is 31.9 Å². The maximum atomic E-state index is 12.6. The molecule has 0 aliphatic carbocycles. The first kappa shape index (κ1) is 16.8. The molecule has 2 aliphatic heterocycles. The number of benzene rings is 1. The Morgan fingerprint density at radius 1 is 1.33 bits per heavy atom. The van der Waals surface area contributed by atoms with E-state index in [0.29, 0.717) is 24.5 Å². The molecule has 24 heavy (non-hydrogen) atoms. The molecule has 0 saturated carbocycles. The second kappa shape index (κ2) is 6.84. The minimum absolute atomic E-state index is 0.100. The maximum absolute atomic E-state index is 12.6. The lowest BCUT2D eigenvalue weighted by Gasteiger charge is -2.26. The molecule has 0 bridgehead atoms. The number of aryl methyl sites for hydroxylation is 2. The Bertz CT molecular complexity index is 692. The Hall–Kier alpha value is -2.02. The van der Waals surface area contributed by atoms with E-state index in [-0.39, 0.29) is 17.7 Å². The molecule has 1 aromatic rings. The molecule has 6 nitrogen and oxygen atoms in total. The highest BCUT2D eigenvalue weighted by Crippen LogP contribution is 2.25. The van der Waals surface area contributed by atoms with Crippen LogP contribution in [0.2, 0.25) is 0 Å². The summed E-state index contributed by atoms with van der Waals surface area (Å²) >= 11 is 1.56. The first-order chi connectivity index (χ1) is 11.5. The third-order valence-corrected chi connectivity index (χ3v) is 5.41. The Morgan fingerprint density at radius 3 is 2.79 bits per heavy atom. The van der Waals surface area contributed by atoms with E-state index in [4.69, 9.17) is 0 Å². The van der Waals surface area contributed by atoms with Crippen LogP contribution in [0, 0.1) is 13.8 Å². The lowest BCUT2D eigenvalue weighted by atomic mass is 10.1. The smallest absolute Gasteiger partial charge is 0.248 e. The lowest BCUT2D eigenvalue weighted by Crippen LogP contribution is -2.50. The van der Waals surface area contributed by atoms with Gasteiger partial charge in [0, 0.05) is 17.9 Å². The predicted molar refractivity (Wildman–Crippen MR) is 93.7 cm³/mol. The molecule has 2 N–H and O–H groups in total. The third-order valence-electron chi connectivity index (χ3n) is 4.40. The number of nitrogens with one attached hydrogen (secondary N) is 2. The average molecular weight is 347 g/mol. The topological polar surface area (TPSA) is 78.5 Å². The van der Waals surface area contributed by atoms with E-state index in [1.807, 2.05) is 32.0 Å². The summed E-state index contributed by atoms with van der Waals surface area (Å²) in [5, 5.41) is 5.61. The van der Waals surface area contributed by atoms with E-state index < -0.39 is 12.1 Å². The van der Waals surface area contributed by atoms with E-state index in [1.165, 1.54) is 0 Å².